The van der Waals surface area contributed by atoms with Crippen molar-refractivity contribution in [1.29, 1.82) is 0 Å². The lowest BCUT2D eigenvalue weighted by molar-refractivity contribution is 0.168. The molecular weight excluding hydrogens is 256 g/mol. The molecule has 0 spiro atoms. The van der Waals surface area contributed by atoms with Crippen LogP contribution >= 0.6 is 15.9 Å². The van der Waals surface area contributed by atoms with Crippen molar-refractivity contribution in [2.45, 2.75) is 33.3 Å². The van der Waals surface area contributed by atoms with E-state index >= 15 is 0 Å². The zero-order valence-electron chi connectivity index (χ0n) is 9.60. The fourth-order valence-electron chi connectivity index (χ4n) is 1.75. The lowest BCUT2D eigenvalue weighted by Crippen LogP contribution is -2.04. The van der Waals surface area contributed by atoms with E-state index in [1.165, 1.54) is 0 Å². The average molecular weight is 273 g/mol. The molecule has 1 rings (SSSR count). The number of aliphatic hydroxyl groups excluding tert-OH is 1. The minimum absolute atomic E-state index is 0.462. The molecule has 15 heavy (non-hydrogen) atoms. The number of hydrogen-bond acceptors (Lipinski definition) is 2. The quantitative estimate of drug-likeness (QED) is 0.913. The number of benzene rings is 1. The molecule has 0 saturated carbocycles. The van der Waals surface area contributed by atoms with E-state index in [0.717, 1.165) is 26.9 Å². The number of rotatable bonds is 3. The highest BCUT2D eigenvalue weighted by Gasteiger charge is 2.18. The first-order chi connectivity index (χ1) is 7.02. The van der Waals surface area contributed by atoms with Gasteiger partial charge in [0.25, 0.3) is 0 Å². The summed E-state index contributed by atoms with van der Waals surface area (Å²) in [6.45, 7) is 5.93. The normalized spacial score (nSPS) is 12.7. The van der Waals surface area contributed by atoms with E-state index in [2.05, 4.69) is 15.9 Å². The van der Waals surface area contributed by atoms with Crippen LogP contribution in [-0.2, 0) is 0 Å². The van der Waals surface area contributed by atoms with Gasteiger partial charge < -0.3 is 9.84 Å². The van der Waals surface area contributed by atoms with Gasteiger partial charge in [-0.25, -0.2) is 0 Å². The Bertz CT molecular complexity index is 361. The molecule has 1 aromatic rings. The topological polar surface area (TPSA) is 29.5 Å². The number of ether oxygens (including phenoxy) is 1. The maximum atomic E-state index is 9.97. The molecular formula is C12H17BrO2. The van der Waals surface area contributed by atoms with Crippen LogP contribution in [0.3, 0.4) is 0 Å². The van der Waals surface area contributed by atoms with E-state index in [1.54, 1.807) is 7.11 Å². The van der Waals surface area contributed by atoms with E-state index in [-0.39, 0.29) is 0 Å². The number of halogens is 1. The van der Waals surface area contributed by atoms with Crippen molar-refractivity contribution in [1.82, 2.24) is 0 Å². The number of aryl methyl sites for hydroxylation is 1. The summed E-state index contributed by atoms with van der Waals surface area (Å²) in [5.41, 5.74) is 2.98. The molecule has 0 amide bonds. The first kappa shape index (κ1) is 12.5. The molecule has 0 aromatic heterocycles. The summed E-state index contributed by atoms with van der Waals surface area (Å²) in [4.78, 5) is 0. The molecule has 0 fully saturated rings. The van der Waals surface area contributed by atoms with Crippen LogP contribution in [0.15, 0.2) is 10.5 Å². The van der Waals surface area contributed by atoms with Crippen molar-refractivity contribution in [3.8, 4) is 5.75 Å². The van der Waals surface area contributed by atoms with Crippen molar-refractivity contribution >= 4 is 15.9 Å². The first-order valence-corrected chi connectivity index (χ1v) is 5.83. The molecule has 2 nitrogen and oxygen atoms in total. The van der Waals surface area contributed by atoms with Gasteiger partial charge in [-0.2, -0.15) is 0 Å². The third-order valence-electron chi connectivity index (χ3n) is 2.63. The summed E-state index contributed by atoms with van der Waals surface area (Å²) >= 11 is 3.49. The summed E-state index contributed by atoms with van der Waals surface area (Å²) in [6.07, 6.45) is 0.226. The minimum atomic E-state index is -0.462. The van der Waals surface area contributed by atoms with Gasteiger partial charge in [0.05, 0.1) is 13.2 Å². The monoisotopic (exact) mass is 272 g/mol. The Morgan fingerprint density at radius 3 is 2.53 bits per heavy atom. The van der Waals surface area contributed by atoms with Gasteiger partial charge in [0.15, 0.2) is 0 Å². The second-order valence-electron chi connectivity index (χ2n) is 3.67. The minimum Gasteiger partial charge on any atom is -0.496 e. The summed E-state index contributed by atoms with van der Waals surface area (Å²) in [6, 6.07) is 2.01. The van der Waals surface area contributed by atoms with E-state index in [9.17, 15) is 5.11 Å². The van der Waals surface area contributed by atoms with E-state index < -0.39 is 6.10 Å². The van der Waals surface area contributed by atoms with Gasteiger partial charge in [-0.1, -0.05) is 22.9 Å². The molecule has 1 aromatic carbocycles. The Kier molecular flexibility index (Phi) is 4.17. The average Bonchev–Trinajstić information content (AvgIpc) is 2.21. The molecule has 3 heteroatoms. The lowest BCUT2D eigenvalue weighted by atomic mass is 9.97. The van der Waals surface area contributed by atoms with E-state index in [4.69, 9.17) is 4.74 Å². The van der Waals surface area contributed by atoms with Crippen LogP contribution in [-0.4, -0.2) is 12.2 Å². The van der Waals surface area contributed by atoms with Crippen molar-refractivity contribution < 1.29 is 9.84 Å². The molecule has 1 unspecified atom stereocenters. The fraction of sp³-hybridized carbons (Fsp3) is 0.500. The van der Waals surface area contributed by atoms with Crippen LogP contribution in [0.1, 0.15) is 36.1 Å². The Hall–Kier alpha value is -0.540. The van der Waals surface area contributed by atoms with Gasteiger partial charge in [-0.3, -0.25) is 0 Å². The standard InChI is InChI=1S/C12H17BrO2/c1-5-10(14)11-8(3)9(13)6-7(2)12(11)15-4/h6,10,14H,5H2,1-4H3. The largest absolute Gasteiger partial charge is 0.496 e. The van der Waals surface area contributed by atoms with Crippen molar-refractivity contribution in [2.24, 2.45) is 0 Å². The second kappa shape index (κ2) is 4.99. The Labute approximate surface area is 99.4 Å². The predicted octanol–water partition coefficient (Wildman–Crippen LogP) is 3.52. The van der Waals surface area contributed by atoms with Crippen LogP contribution in [0.25, 0.3) is 0 Å². The van der Waals surface area contributed by atoms with Gasteiger partial charge in [0, 0.05) is 10.0 Å². The van der Waals surface area contributed by atoms with Gasteiger partial charge in [-0.05, 0) is 37.5 Å². The van der Waals surface area contributed by atoms with Gasteiger partial charge in [0.1, 0.15) is 5.75 Å². The van der Waals surface area contributed by atoms with E-state index in [1.807, 2.05) is 26.8 Å². The van der Waals surface area contributed by atoms with Gasteiger partial charge in [0.2, 0.25) is 0 Å². The maximum absolute atomic E-state index is 9.97. The van der Waals surface area contributed by atoms with Crippen LogP contribution in [0, 0.1) is 13.8 Å². The number of hydrogen-bond donors (Lipinski definition) is 1. The van der Waals surface area contributed by atoms with Crippen LogP contribution < -0.4 is 4.74 Å². The van der Waals surface area contributed by atoms with E-state index in [0.29, 0.717) is 6.42 Å². The highest BCUT2D eigenvalue weighted by molar-refractivity contribution is 9.10. The molecule has 1 N–H and O–H groups in total. The third-order valence-corrected chi connectivity index (χ3v) is 3.46. The zero-order valence-corrected chi connectivity index (χ0v) is 11.2. The maximum Gasteiger partial charge on any atom is 0.127 e. The summed E-state index contributed by atoms with van der Waals surface area (Å²) in [5, 5.41) is 9.97. The molecule has 0 aliphatic rings. The molecule has 1 atom stereocenters. The number of methoxy groups -OCH3 is 1. The van der Waals surface area contributed by atoms with Crippen molar-refractivity contribution in [2.75, 3.05) is 7.11 Å². The predicted molar refractivity (Wildman–Crippen MR) is 65.4 cm³/mol. The smallest absolute Gasteiger partial charge is 0.127 e. The van der Waals surface area contributed by atoms with Crippen molar-refractivity contribution in [3.63, 3.8) is 0 Å². The van der Waals surface area contributed by atoms with Crippen LogP contribution in [0.5, 0.6) is 5.75 Å². The Morgan fingerprint density at radius 2 is 2.07 bits per heavy atom. The molecule has 0 radical (unpaired) electrons. The SMILES string of the molecule is CCC(O)c1c(C)c(Br)cc(C)c1OC. The fourth-order valence-corrected chi connectivity index (χ4v) is 2.31. The van der Waals surface area contributed by atoms with Crippen LogP contribution in [0.4, 0.5) is 0 Å². The molecule has 0 aliphatic carbocycles. The molecule has 0 heterocycles. The lowest BCUT2D eigenvalue weighted by Gasteiger charge is -2.19. The highest BCUT2D eigenvalue weighted by Crippen LogP contribution is 2.37. The summed E-state index contributed by atoms with van der Waals surface area (Å²) in [5.74, 6) is 0.796. The summed E-state index contributed by atoms with van der Waals surface area (Å²) in [7, 11) is 1.64. The van der Waals surface area contributed by atoms with Crippen molar-refractivity contribution in [3.05, 3.63) is 27.2 Å². The number of aliphatic hydroxyl groups is 1. The first-order valence-electron chi connectivity index (χ1n) is 5.04. The Morgan fingerprint density at radius 1 is 1.47 bits per heavy atom. The van der Waals surface area contributed by atoms with Crippen LogP contribution in [0.2, 0.25) is 0 Å². The second-order valence-corrected chi connectivity index (χ2v) is 4.53. The van der Waals surface area contributed by atoms with Gasteiger partial charge >= 0.3 is 0 Å². The highest BCUT2D eigenvalue weighted by atomic mass is 79.9. The molecule has 0 aliphatic heterocycles. The third kappa shape index (κ3) is 2.34. The molecule has 84 valence electrons. The molecule has 0 saturated heterocycles. The Balaban J connectivity index is 3.43. The van der Waals surface area contributed by atoms with Gasteiger partial charge in [-0.15, -0.1) is 0 Å². The molecule has 0 bridgehead atoms. The zero-order chi connectivity index (χ0) is 11.6. The summed E-state index contributed by atoms with van der Waals surface area (Å²) < 4.78 is 6.37.